The Bertz CT molecular complexity index is 534. The van der Waals surface area contributed by atoms with Gasteiger partial charge < -0.3 is 14.8 Å². The zero-order valence-corrected chi connectivity index (χ0v) is 10.8. The van der Waals surface area contributed by atoms with E-state index in [0.717, 1.165) is 0 Å². The Morgan fingerprint density at radius 2 is 2.20 bits per heavy atom. The Labute approximate surface area is 114 Å². The highest BCUT2D eigenvalue weighted by Gasteiger charge is 2.15. The van der Waals surface area contributed by atoms with Crippen LogP contribution in [0.15, 0.2) is 24.5 Å². The first-order valence-electron chi connectivity index (χ1n) is 5.86. The minimum absolute atomic E-state index is 0.0371. The molecule has 6 nitrogen and oxygen atoms in total. The number of benzene rings is 1. The van der Waals surface area contributed by atoms with Crippen LogP contribution in [-0.2, 0) is 13.1 Å². The lowest BCUT2D eigenvalue weighted by atomic mass is 10.2. The van der Waals surface area contributed by atoms with Crippen LogP contribution in [0.25, 0.3) is 0 Å². The number of aromatic nitrogens is 3. The molecule has 2 N–H and O–H groups in total. The second kappa shape index (κ2) is 6.80. The van der Waals surface area contributed by atoms with E-state index in [-0.39, 0.29) is 11.5 Å². The van der Waals surface area contributed by atoms with Crippen molar-refractivity contribution in [1.29, 1.82) is 0 Å². The molecule has 0 atom stereocenters. The minimum Gasteiger partial charge on any atom is -0.493 e. The normalized spacial score (nSPS) is 10.8. The summed E-state index contributed by atoms with van der Waals surface area (Å²) in [5.74, 6) is 0.962. The highest BCUT2D eigenvalue weighted by Crippen LogP contribution is 2.32. The second-order valence-corrected chi connectivity index (χ2v) is 3.86. The lowest BCUT2D eigenvalue weighted by molar-refractivity contribution is -0.0518. The predicted octanol–water partition coefficient (Wildman–Crippen LogP) is 1.70. The molecule has 1 aromatic carbocycles. The van der Waals surface area contributed by atoms with E-state index in [1.165, 1.54) is 13.4 Å². The van der Waals surface area contributed by atoms with Crippen molar-refractivity contribution in [2.24, 2.45) is 0 Å². The number of halogens is 2. The van der Waals surface area contributed by atoms with Crippen molar-refractivity contribution in [2.45, 2.75) is 19.7 Å². The number of para-hydroxylation sites is 1. The van der Waals surface area contributed by atoms with E-state index < -0.39 is 6.61 Å². The van der Waals surface area contributed by atoms with Gasteiger partial charge in [-0.15, -0.1) is 0 Å². The van der Waals surface area contributed by atoms with Gasteiger partial charge in [-0.2, -0.15) is 13.9 Å². The van der Waals surface area contributed by atoms with E-state index in [0.29, 0.717) is 24.5 Å². The van der Waals surface area contributed by atoms with Crippen LogP contribution >= 0.6 is 0 Å². The zero-order valence-electron chi connectivity index (χ0n) is 10.8. The van der Waals surface area contributed by atoms with E-state index >= 15 is 0 Å². The van der Waals surface area contributed by atoms with Crippen molar-refractivity contribution in [3.8, 4) is 11.5 Å². The van der Waals surface area contributed by atoms with Crippen molar-refractivity contribution in [3.05, 3.63) is 35.9 Å². The highest BCUT2D eigenvalue weighted by atomic mass is 19.3. The van der Waals surface area contributed by atoms with Crippen molar-refractivity contribution in [1.82, 2.24) is 20.5 Å². The van der Waals surface area contributed by atoms with Crippen molar-refractivity contribution in [3.63, 3.8) is 0 Å². The van der Waals surface area contributed by atoms with Crippen LogP contribution in [0, 0.1) is 0 Å². The Morgan fingerprint density at radius 3 is 2.85 bits per heavy atom. The summed E-state index contributed by atoms with van der Waals surface area (Å²) in [5.41, 5.74) is 0.573. The van der Waals surface area contributed by atoms with Crippen LogP contribution in [0.4, 0.5) is 8.78 Å². The molecule has 0 fully saturated rings. The Kier molecular flexibility index (Phi) is 4.83. The molecule has 0 amide bonds. The molecular weight excluding hydrogens is 270 g/mol. The van der Waals surface area contributed by atoms with Gasteiger partial charge in [0.15, 0.2) is 11.5 Å². The van der Waals surface area contributed by atoms with Crippen LogP contribution in [-0.4, -0.2) is 28.9 Å². The van der Waals surface area contributed by atoms with Crippen LogP contribution in [0.5, 0.6) is 11.5 Å². The summed E-state index contributed by atoms with van der Waals surface area (Å²) in [7, 11) is 1.40. The molecule has 0 aliphatic rings. The molecule has 0 saturated carbocycles. The van der Waals surface area contributed by atoms with Gasteiger partial charge in [0.1, 0.15) is 12.2 Å². The van der Waals surface area contributed by atoms with Gasteiger partial charge in [0.25, 0.3) is 0 Å². The molecule has 20 heavy (non-hydrogen) atoms. The summed E-state index contributed by atoms with van der Waals surface area (Å²) in [6.07, 6.45) is 1.40. The molecule has 1 heterocycles. The third-order valence-corrected chi connectivity index (χ3v) is 2.56. The summed E-state index contributed by atoms with van der Waals surface area (Å²) in [6, 6.07) is 4.97. The predicted molar refractivity (Wildman–Crippen MR) is 66.6 cm³/mol. The Balaban J connectivity index is 2.05. The molecule has 1 aromatic heterocycles. The first-order chi connectivity index (χ1) is 9.70. The number of nitrogens with one attached hydrogen (secondary N) is 2. The smallest absolute Gasteiger partial charge is 0.387 e. The first-order valence-corrected chi connectivity index (χ1v) is 5.86. The molecule has 2 rings (SSSR count). The molecule has 0 aliphatic carbocycles. The van der Waals surface area contributed by atoms with Crippen LogP contribution < -0.4 is 14.8 Å². The average Bonchev–Trinajstić information content (AvgIpc) is 2.93. The topological polar surface area (TPSA) is 72.1 Å². The minimum atomic E-state index is -2.90. The van der Waals surface area contributed by atoms with E-state index in [4.69, 9.17) is 4.74 Å². The Hall–Kier alpha value is -2.22. The fraction of sp³-hybridized carbons (Fsp3) is 0.333. The summed E-state index contributed by atoms with van der Waals surface area (Å²) in [4.78, 5) is 3.95. The van der Waals surface area contributed by atoms with Crippen LogP contribution in [0.1, 0.15) is 11.4 Å². The summed E-state index contributed by atoms with van der Waals surface area (Å²) >= 11 is 0. The number of hydrogen-bond donors (Lipinski definition) is 2. The van der Waals surface area contributed by atoms with Gasteiger partial charge in [0, 0.05) is 12.1 Å². The second-order valence-electron chi connectivity index (χ2n) is 3.86. The van der Waals surface area contributed by atoms with Gasteiger partial charge in [-0.1, -0.05) is 12.1 Å². The molecule has 0 saturated heterocycles. The van der Waals surface area contributed by atoms with E-state index in [1.54, 1.807) is 18.2 Å². The summed E-state index contributed by atoms with van der Waals surface area (Å²) in [6.45, 7) is -2.13. The number of aromatic amines is 1. The van der Waals surface area contributed by atoms with Crippen molar-refractivity contribution in [2.75, 3.05) is 7.11 Å². The molecule has 0 spiro atoms. The van der Waals surface area contributed by atoms with Gasteiger partial charge >= 0.3 is 6.61 Å². The summed E-state index contributed by atoms with van der Waals surface area (Å²) < 4.78 is 34.4. The summed E-state index contributed by atoms with van der Waals surface area (Å²) in [5, 5.41) is 9.46. The molecule has 108 valence electrons. The number of methoxy groups -OCH3 is 1. The average molecular weight is 284 g/mol. The third kappa shape index (κ3) is 3.64. The maximum atomic E-state index is 12.4. The molecule has 0 radical (unpaired) electrons. The molecular formula is C12H14F2N4O2. The van der Waals surface area contributed by atoms with Gasteiger partial charge in [-0.25, -0.2) is 4.98 Å². The fourth-order valence-electron chi connectivity index (χ4n) is 1.72. The third-order valence-electron chi connectivity index (χ3n) is 2.56. The van der Waals surface area contributed by atoms with Gasteiger partial charge in [0.05, 0.1) is 13.7 Å². The van der Waals surface area contributed by atoms with Crippen LogP contribution in [0.3, 0.4) is 0 Å². The van der Waals surface area contributed by atoms with Crippen molar-refractivity contribution >= 4 is 0 Å². The molecule has 0 aliphatic heterocycles. The molecule has 0 bridgehead atoms. The van der Waals surface area contributed by atoms with Gasteiger partial charge in [0.2, 0.25) is 0 Å². The number of nitrogens with zero attached hydrogens (tertiary/aromatic N) is 2. The quantitative estimate of drug-likeness (QED) is 0.809. The van der Waals surface area contributed by atoms with Crippen molar-refractivity contribution < 1.29 is 18.3 Å². The SMILES string of the molecule is COc1cccc(CNCc2ncn[nH]2)c1OC(F)F. The van der Waals surface area contributed by atoms with E-state index in [1.807, 2.05) is 0 Å². The first kappa shape index (κ1) is 14.2. The number of ether oxygens (including phenoxy) is 2. The maximum Gasteiger partial charge on any atom is 0.387 e. The lowest BCUT2D eigenvalue weighted by Gasteiger charge is -2.14. The maximum absolute atomic E-state index is 12.4. The standard InChI is InChI=1S/C12H14F2N4O2/c1-19-9-4-2-3-8(11(9)20-12(13)14)5-15-6-10-16-7-17-18-10/h2-4,7,12,15H,5-6H2,1H3,(H,16,17,18). The number of alkyl halides is 2. The lowest BCUT2D eigenvalue weighted by Crippen LogP contribution is -2.15. The zero-order chi connectivity index (χ0) is 14.4. The monoisotopic (exact) mass is 284 g/mol. The fourth-order valence-corrected chi connectivity index (χ4v) is 1.72. The highest BCUT2D eigenvalue weighted by molar-refractivity contribution is 5.46. The molecule has 2 aromatic rings. The van der Waals surface area contributed by atoms with E-state index in [2.05, 4.69) is 25.2 Å². The van der Waals surface area contributed by atoms with Gasteiger partial charge in [-0.05, 0) is 6.07 Å². The largest absolute Gasteiger partial charge is 0.493 e. The van der Waals surface area contributed by atoms with E-state index in [9.17, 15) is 8.78 Å². The number of H-pyrrole nitrogens is 1. The Morgan fingerprint density at radius 1 is 1.35 bits per heavy atom. The number of rotatable bonds is 7. The van der Waals surface area contributed by atoms with Gasteiger partial charge in [-0.3, -0.25) is 5.10 Å². The molecule has 0 unspecified atom stereocenters. The van der Waals surface area contributed by atoms with Crippen LogP contribution in [0.2, 0.25) is 0 Å². The number of hydrogen-bond acceptors (Lipinski definition) is 5. The molecule has 8 heteroatoms.